The largest absolute Gasteiger partial charge is 0.496 e. The lowest BCUT2D eigenvalue weighted by Gasteiger charge is -2.08. The molecule has 0 atom stereocenters. The van der Waals surface area contributed by atoms with Crippen molar-refractivity contribution in [2.24, 2.45) is 0 Å². The average molecular weight is 412 g/mol. The number of carbonyl (C=O) groups excluding carboxylic acids is 1. The van der Waals surface area contributed by atoms with Crippen LogP contribution in [-0.2, 0) is 11.2 Å². The van der Waals surface area contributed by atoms with Gasteiger partial charge in [0.1, 0.15) is 5.75 Å². The third kappa shape index (κ3) is 5.38. The third-order valence-corrected chi connectivity index (χ3v) is 4.55. The van der Waals surface area contributed by atoms with E-state index < -0.39 is 0 Å². The van der Waals surface area contributed by atoms with Crippen molar-refractivity contribution in [3.05, 3.63) is 44.8 Å². The molecule has 0 aliphatic rings. The highest BCUT2D eigenvalue weighted by molar-refractivity contribution is 9.10. The normalized spacial score (nSPS) is 10.5. The Bertz CT molecular complexity index is 779. The second kappa shape index (κ2) is 8.89. The van der Waals surface area contributed by atoms with E-state index in [1.54, 1.807) is 25.3 Å². The SMILES string of the molecule is CCCc1cc(=O)[nH]c(SCC(=O)Nc2ccc(OC)c(Br)c2)n1. The number of nitrogens with one attached hydrogen (secondary N) is 2. The zero-order valence-corrected chi connectivity index (χ0v) is 15.8. The molecule has 0 aliphatic heterocycles. The van der Waals surface area contributed by atoms with E-state index in [9.17, 15) is 9.59 Å². The summed E-state index contributed by atoms with van der Waals surface area (Å²) in [6.45, 7) is 2.02. The van der Waals surface area contributed by atoms with Crippen LogP contribution in [0.1, 0.15) is 19.0 Å². The molecule has 0 saturated heterocycles. The maximum Gasteiger partial charge on any atom is 0.251 e. The first kappa shape index (κ1) is 18.5. The average Bonchev–Trinajstić information content (AvgIpc) is 2.53. The summed E-state index contributed by atoms with van der Waals surface area (Å²) in [7, 11) is 1.58. The number of ether oxygens (including phenoxy) is 1. The van der Waals surface area contributed by atoms with E-state index in [1.807, 2.05) is 6.92 Å². The molecule has 0 aliphatic carbocycles. The van der Waals surface area contributed by atoms with Crippen LogP contribution < -0.4 is 15.6 Å². The van der Waals surface area contributed by atoms with Gasteiger partial charge in [0.05, 0.1) is 17.3 Å². The van der Waals surface area contributed by atoms with Crippen molar-refractivity contribution in [2.45, 2.75) is 24.9 Å². The van der Waals surface area contributed by atoms with Crippen molar-refractivity contribution in [3.63, 3.8) is 0 Å². The van der Waals surface area contributed by atoms with Gasteiger partial charge in [-0.1, -0.05) is 25.1 Å². The Labute approximate surface area is 152 Å². The van der Waals surface area contributed by atoms with Gasteiger partial charge in [0.25, 0.3) is 5.56 Å². The Balaban J connectivity index is 1.96. The lowest BCUT2D eigenvalue weighted by Crippen LogP contribution is -2.16. The first-order valence-electron chi connectivity index (χ1n) is 7.38. The molecular formula is C16H18BrN3O3S. The van der Waals surface area contributed by atoms with E-state index in [-0.39, 0.29) is 17.2 Å². The number of hydrogen-bond donors (Lipinski definition) is 2. The number of aromatic nitrogens is 2. The molecule has 0 unspecified atom stereocenters. The highest BCUT2D eigenvalue weighted by atomic mass is 79.9. The minimum atomic E-state index is -0.199. The maximum absolute atomic E-state index is 12.0. The molecule has 0 saturated carbocycles. The van der Waals surface area contributed by atoms with Gasteiger partial charge in [-0.05, 0) is 40.5 Å². The summed E-state index contributed by atoms with van der Waals surface area (Å²) < 4.78 is 5.90. The molecule has 2 rings (SSSR count). The number of halogens is 1. The second-order valence-electron chi connectivity index (χ2n) is 4.98. The second-order valence-corrected chi connectivity index (χ2v) is 6.80. The molecule has 1 aromatic heterocycles. The van der Waals surface area contributed by atoms with Crippen molar-refractivity contribution in [1.29, 1.82) is 0 Å². The number of amides is 1. The van der Waals surface area contributed by atoms with Gasteiger partial charge in [0.2, 0.25) is 5.91 Å². The highest BCUT2D eigenvalue weighted by Gasteiger charge is 2.08. The van der Waals surface area contributed by atoms with Crippen molar-refractivity contribution in [3.8, 4) is 5.75 Å². The number of aryl methyl sites for hydroxylation is 1. The van der Waals surface area contributed by atoms with E-state index in [2.05, 4.69) is 31.2 Å². The predicted molar refractivity (Wildman–Crippen MR) is 98.9 cm³/mol. The molecule has 1 heterocycles. The minimum Gasteiger partial charge on any atom is -0.496 e. The molecule has 1 aromatic carbocycles. The van der Waals surface area contributed by atoms with Gasteiger partial charge >= 0.3 is 0 Å². The predicted octanol–water partition coefficient (Wildman–Crippen LogP) is 3.22. The first-order valence-corrected chi connectivity index (χ1v) is 9.16. The fourth-order valence-corrected chi connectivity index (χ4v) is 3.25. The minimum absolute atomic E-state index is 0.155. The highest BCUT2D eigenvalue weighted by Crippen LogP contribution is 2.27. The molecule has 24 heavy (non-hydrogen) atoms. The zero-order chi connectivity index (χ0) is 17.5. The molecule has 8 heteroatoms. The number of thioether (sulfide) groups is 1. The summed E-state index contributed by atoms with van der Waals surface area (Å²) in [4.78, 5) is 30.6. The third-order valence-electron chi connectivity index (χ3n) is 3.05. The van der Waals surface area contributed by atoms with E-state index >= 15 is 0 Å². The van der Waals surface area contributed by atoms with Crippen LogP contribution in [0.2, 0.25) is 0 Å². The summed E-state index contributed by atoms with van der Waals surface area (Å²) in [5.41, 5.74) is 1.20. The van der Waals surface area contributed by atoms with Crippen molar-refractivity contribution < 1.29 is 9.53 Å². The molecule has 0 radical (unpaired) electrons. The molecule has 1 amide bonds. The zero-order valence-electron chi connectivity index (χ0n) is 13.4. The topological polar surface area (TPSA) is 84.1 Å². The number of rotatable bonds is 7. The van der Waals surface area contributed by atoms with Gasteiger partial charge in [-0.25, -0.2) is 4.98 Å². The van der Waals surface area contributed by atoms with Gasteiger partial charge < -0.3 is 15.0 Å². The molecular weight excluding hydrogens is 394 g/mol. The van der Waals surface area contributed by atoms with E-state index in [0.29, 0.717) is 16.6 Å². The number of anilines is 1. The number of carbonyl (C=O) groups is 1. The molecule has 0 fully saturated rings. The summed E-state index contributed by atoms with van der Waals surface area (Å²) >= 11 is 4.57. The van der Waals surface area contributed by atoms with Crippen LogP contribution in [-0.4, -0.2) is 28.7 Å². The van der Waals surface area contributed by atoms with Crippen molar-refractivity contribution in [1.82, 2.24) is 9.97 Å². The Morgan fingerprint density at radius 3 is 2.88 bits per heavy atom. The summed E-state index contributed by atoms with van der Waals surface area (Å²) in [6.07, 6.45) is 1.65. The standard InChI is InChI=1S/C16H18BrN3O3S/c1-3-4-10-8-14(21)20-16(19-10)24-9-15(22)18-11-5-6-13(23-2)12(17)7-11/h5-8H,3-4,9H2,1-2H3,(H,18,22)(H,19,20,21). The van der Waals surface area contributed by atoms with Gasteiger partial charge in [-0.2, -0.15) is 0 Å². The van der Waals surface area contributed by atoms with Crippen molar-refractivity contribution in [2.75, 3.05) is 18.2 Å². The molecule has 2 aromatic rings. The quantitative estimate of drug-likeness (QED) is 0.539. The van der Waals surface area contributed by atoms with Crippen LogP contribution in [0.25, 0.3) is 0 Å². The van der Waals surface area contributed by atoms with Crippen LogP contribution in [0, 0.1) is 0 Å². The van der Waals surface area contributed by atoms with Crippen LogP contribution in [0.4, 0.5) is 5.69 Å². The fourth-order valence-electron chi connectivity index (χ4n) is 2.01. The molecule has 0 spiro atoms. The maximum atomic E-state index is 12.0. The Hall–Kier alpha value is -1.80. The first-order chi connectivity index (χ1) is 11.5. The van der Waals surface area contributed by atoms with Gasteiger partial charge in [0.15, 0.2) is 5.16 Å². The van der Waals surface area contributed by atoms with E-state index in [0.717, 1.165) is 23.0 Å². The fraction of sp³-hybridized carbons (Fsp3) is 0.312. The summed E-state index contributed by atoms with van der Waals surface area (Å²) in [5, 5.41) is 3.25. The number of aromatic amines is 1. The monoisotopic (exact) mass is 411 g/mol. The lowest BCUT2D eigenvalue weighted by molar-refractivity contribution is -0.113. The van der Waals surface area contributed by atoms with Crippen LogP contribution in [0.3, 0.4) is 0 Å². The summed E-state index contributed by atoms with van der Waals surface area (Å²) in [5.74, 6) is 0.667. The molecule has 0 bridgehead atoms. The van der Waals surface area contributed by atoms with Gasteiger partial charge in [-0.3, -0.25) is 9.59 Å². The number of methoxy groups -OCH3 is 1. The molecule has 2 N–H and O–H groups in total. The van der Waals surface area contributed by atoms with Gasteiger partial charge in [-0.15, -0.1) is 0 Å². The molecule has 128 valence electrons. The lowest BCUT2D eigenvalue weighted by atomic mass is 10.2. The number of nitrogens with zero attached hydrogens (tertiary/aromatic N) is 1. The number of benzene rings is 1. The Morgan fingerprint density at radius 1 is 1.42 bits per heavy atom. The smallest absolute Gasteiger partial charge is 0.251 e. The summed E-state index contributed by atoms with van der Waals surface area (Å²) in [6, 6.07) is 6.78. The number of H-pyrrole nitrogens is 1. The van der Waals surface area contributed by atoms with Crippen molar-refractivity contribution >= 4 is 39.3 Å². The molecule has 6 nitrogen and oxygen atoms in total. The Morgan fingerprint density at radius 2 is 2.21 bits per heavy atom. The Kier molecular flexibility index (Phi) is 6.86. The van der Waals surface area contributed by atoms with E-state index in [4.69, 9.17) is 4.74 Å². The van der Waals surface area contributed by atoms with Crippen LogP contribution in [0.15, 0.2) is 38.7 Å². The van der Waals surface area contributed by atoms with E-state index in [1.165, 1.54) is 17.8 Å². The van der Waals surface area contributed by atoms with Crippen LogP contribution >= 0.6 is 27.7 Å². The number of hydrogen-bond acceptors (Lipinski definition) is 5. The van der Waals surface area contributed by atoms with Gasteiger partial charge in [0, 0.05) is 17.4 Å². The van der Waals surface area contributed by atoms with Crippen LogP contribution in [0.5, 0.6) is 5.75 Å².